The third kappa shape index (κ3) is 4.84. The van der Waals surface area contributed by atoms with Crippen LogP contribution in [0.3, 0.4) is 0 Å². The van der Waals surface area contributed by atoms with Gasteiger partial charge in [0.25, 0.3) is 0 Å². The first-order valence-electron chi connectivity index (χ1n) is 8.49. The Labute approximate surface area is 162 Å². The van der Waals surface area contributed by atoms with Crippen LogP contribution in [-0.4, -0.2) is 28.6 Å². The van der Waals surface area contributed by atoms with Gasteiger partial charge in [0.2, 0.25) is 5.91 Å². The van der Waals surface area contributed by atoms with Gasteiger partial charge in [0.15, 0.2) is 5.11 Å². The summed E-state index contributed by atoms with van der Waals surface area (Å²) in [5.41, 5.74) is 2.84. The Morgan fingerprint density at radius 1 is 1.15 bits per heavy atom. The van der Waals surface area contributed by atoms with E-state index in [4.69, 9.17) is 17.5 Å². The number of para-hydroxylation sites is 2. The number of nitrogens with zero attached hydrogens (tertiary/aromatic N) is 1. The quantitative estimate of drug-likeness (QED) is 0.392. The van der Waals surface area contributed by atoms with Crippen molar-refractivity contribution in [2.45, 2.75) is 12.5 Å². The van der Waals surface area contributed by atoms with E-state index in [1.165, 1.54) is 0 Å². The van der Waals surface area contributed by atoms with E-state index in [0.29, 0.717) is 11.5 Å². The molecule has 1 aromatic heterocycles. The fourth-order valence-corrected chi connectivity index (χ4v) is 3.09. The smallest absolute Gasteiger partial charge is 0.243 e. The van der Waals surface area contributed by atoms with Crippen LogP contribution < -0.4 is 16.0 Å². The van der Waals surface area contributed by atoms with Gasteiger partial charge in [0, 0.05) is 29.2 Å². The summed E-state index contributed by atoms with van der Waals surface area (Å²) < 4.78 is 0. The molecule has 0 saturated carbocycles. The van der Waals surface area contributed by atoms with Gasteiger partial charge in [0.05, 0.1) is 6.07 Å². The second kappa shape index (κ2) is 8.83. The van der Waals surface area contributed by atoms with Gasteiger partial charge >= 0.3 is 0 Å². The van der Waals surface area contributed by atoms with Crippen LogP contribution in [0, 0.1) is 11.3 Å². The zero-order chi connectivity index (χ0) is 19.1. The van der Waals surface area contributed by atoms with Gasteiger partial charge in [0.1, 0.15) is 12.6 Å². The molecule has 0 fully saturated rings. The fourth-order valence-electron chi connectivity index (χ4n) is 2.83. The number of H-pyrrole nitrogens is 1. The molecule has 0 bridgehead atoms. The van der Waals surface area contributed by atoms with E-state index in [9.17, 15) is 4.79 Å². The number of rotatable bonds is 6. The van der Waals surface area contributed by atoms with E-state index in [1.54, 1.807) is 0 Å². The van der Waals surface area contributed by atoms with Gasteiger partial charge in [-0.25, -0.2) is 0 Å². The largest absolute Gasteiger partial charge is 0.361 e. The minimum absolute atomic E-state index is 0.0518. The molecule has 0 saturated heterocycles. The summed E-state index contributed by atoms with van der Waals surface area (Å²) in [7, 11) is 0. The van der Waals surface area contributed by atoms with E-state index < -0.39 is 6.04 Å². The van der Waals surface area contributed by atoms with Crippen molar-refractivity contribution in [3.63, 3.8) is 0 Å². The topological polar surface area (TPSA) is 92.7 Å². The Kier molecular flexibility index (Phi) is 6.02. The number of carbonyl (C=O) groups excluding carboxylic acids is 1. The molecule has 27 heavy (non-hydrogen) atoms. The molecule has 1 heterocycles. The first-order chi connectivity index (χ1) is 13.2. The molecule has 2 aromatic carbocycles. The summed E-state index contributed by atoms with van der Waals surface area (Å²) in [6, 6.07) is 18.7. The van der Waals surface area contributed by atoms with E-state index in [1.807, 2.05) is 66.9 Å². The number of thiocarbonyl (C=S) groups is 1. The molecule has 3 aromatic rings. The van der Waals surface area contributed by atoms with E-state index in [2.05, 4.69) is 20.9 Å². The van der Waals surface area contributed by atoms with Crippen molar-refractivity contribution >= 4 is 39.8 Å². The number of hydrogen-bond donors (Lipinski definition) is 4. The maximum Gasteiger partial charge on any atom is 0.243 e. The Morgan fingerprint density at radius 2 is 1.89 bits per heavy atom. The molecule has 4 N–H and O–H groups in total. The number of nitriles is 1. The van der Waals surface area contributed by atoms with Crippen molar-refractivity contribution in [3.05, 3.63) is 66.4 Å². The average molecular weight is 377 g/mol. The Morgan fingerprint density at radius 3 is 2.67 bits per heavy atom. The molecule has 3 rings (SSSR count). The molecular formula is C20H19N5OS. The van der Waals surface area contributed by atoms with Gasteiger partial charge in [-0.3, -0.25) is 4.79 Å². The SMILES string of the molecule is N#CCNC(=O)C(Cc1c[nH]c2ccccc12)NC(=S)Nc1ccccc1. The number of aromatic nitrogens is 1. The molecule has 1 unspecified atom stereocenters. The highest BCUT2D eigenvalue weighted by molar-refractivity contribution is 7.80. The maximum atomic E-state index is 12.5. The van der Waals surface area contributed by atoms with Crippen LogP contribution in [0.4, 0.5) is 5.69 Å². The van der Waals surface area contributed by atoms with Crippen molar-refractivity contribution in [1.29, 1.82) is 5.26 Å². The summed E-state index contributed by atoms with van der Waals surface area (Å²) >= 11 is 5.36. The molecule has 0 radical (unpaired) electrons. The predicted octanol–water partition coefficient (Wildman–Crippen LogP) is 2.71. The Bertz CT molecular complexity index is 977. The van der Waals surface area contributed by atoms with Crippen LogP contribution >= 0.6 is 12.2 Å². The van der Waals surface area contributed by atoms with Crippen LogP contribution in [-0.2, 0) is 11.2 Å². The number of fused-ring (bicyclic) bond motifs is 1. The second-order valence-corrected chi connectivity index (χ2v) is 6.36. The average Bonchev–Trinajstić information content (AvgIpc) is 3.09. The Hall–Kier alpha value is -3.37. The first kappa shape index (κ1) is 18.4. The minimum Gasteiger partial charge on any atom is -0.361 e. The van der Waals surface area contributed by atoms with Crippen molar-refractivity contribution in [2.75, 3.05) is 11.9 Å². The molecule has 1 amide bonds. The standard InChI is InChI=1S/C20H19N5OS/c21-10-11-22-19(26)18(25-20(27)24-15-6-2-1-3-7-15)12-14-13-23-17-9-5-4-8-16(14)17/h1-9,13,18,23H,11-12H2,(H,22,26)(H2,24,25,27). The molecule has 7 heteroatoms. The third-order valence-electron chi connectivity index (χ3n) is 4.09. The molecule has 0 aliphatic rings. The van der Waals surface area contributed by atoms with Crippen molar-refractivity contribution in [3.8, 4) is 6.07 Å². The predicted molar refractivity (Wildman–Crippen MR) is 110 cm³/mol. The first-order valence-corrected chi connectivity index (χ1v) is 8.90. The number of nitrogens with one attached hydrogen (secondary N) is 4. The van der Waals surface area contributed by atoms with Gasteiger partial charge in [-0.15, -0.1) is 0 Å². The zero-order valence-electron chi connectivity index (χ0n) is 14.5. The number of carbonyl (C=O) groups is 1. The molecular weight excluding hydrogens is 358 g/mol. The summed E-state index contributed by atoms with van der Waals surface area (Å²) in [5.74, 6) is -0.279. The lowest BCUT2D eigenvalue weighted by molar-refractivity contribution is -0.122. The number of aromatic amines is 1. The molecule has 0 aliphatic carbocycles. The highest BCUT2D eigenvalue weighted by Crippen LogP contribution is 2.19. The molecule has 1 atom stereocenters. The molecule has 0 spiro atoms. The van der Waals surface area contributed by atoms with Gasteiger partial charge in [-0.05, 0) is 36.0 Å². The fraction of sp³-hybridized carbons (Fsp3) is 0.150. The Balaban J connectivity index is 1.75. The summed E-state index contributed by atoms with van der Waals surface area (Å²) in [5, 5.41) is 18.9. The normalized spacial score (nSPS) is 11.4. The minimum atomic E-state index is -0.610. The zero-order valence-corrected chi connectivity index (χ0v) is 15.3. The maximum absolute atomic E-state index is 12.5. The van der Waals surface area contributed by atoms with Crippen LogP contribution in [0.25, 0.3) is 10.9 Å². The highest BCUT2D eigenvalue weighted by Gasteiger charge is 2.21. The van der Waals surface area contributed by atoms with Gasteiger partial charge in [-0.1, -0.05) is 36.4 Å². The molecule has 136 valence electrons. The highest BCUT2D eigenvalue weighted by atomic mass is 32.1. The monoisotopic (exact) mass is 377 g/mol. The molecule has 0 aliphatic heterocycles. The van der Waals surface area contributed by atoms with Crippen molar-refractivity contribution < 1.29 is 4.79 Å². The third-order valence-corrected chi connectivity index (χ3v) is 4.31. The summed E-state index contributed by atoms with van der Waals surface area (Å²) in [4.78, 5) is 15.7. The molecule has 6 nitrogen and oxygen atoms in total. The second-order valence-electron chi connectivity index (χ2n) is 5.96. The van der Waals surface area contributed by atoms with E-state index >= 15 is 0 Å². The number of hydrogen-bond acceptors (Lipinski definition) is 3. The van der Waals surface area contributed by atoms with Gasteiger partial charge in [-0.2, -0.15) is 5.26 Å². The van der Waals surface area contributed by atoms with Gasteiger partial charge < -0.3 is 20.9 Å². The number of amides is 1. The lowest BCUT2D eigenvalue weighted by Crippen LogP contribution is -2.49. The van der Waals surface area contributed by atoms with Crippen molar-refractivity contribution in [2.24, 2.45) is 0 Å². The van der Waals surface area contributed by atoms with Crippen molar-refractivity contribution in [1.82, 2.24) is 15.6 Å². The van der Waals surface area contributed by atoms with Crippen LogP contribution in [0.5, 0.6) is 0 Å². The van der Waals surface area contributed by atoms with Crippen LogP contribution in [0.2, 0.25) is 0 Å². The lowest BCUT2D eigenvalue weighted by atomic mass is 10.0. The number of benzene rings is 2. The van der Waals surface area contributed by atoms with E-state index in [-0.39, 0.29) is 12.5 Å². The lowest BCUT2D eigenvalue weighted by Gasteiger charge is -2.20. The van der Waals surface area contributed by atoms with Crippen LogP contribution in [0.15, 0.2) is 60.8 Å². The number of anilines is 1. The van der Waals surface area contributed by atoms with Crippen LogP contribution in [0.1, 0.15) is 5.56 Å². The van der Waals surface area contributed by atoms with E-state index in [0.717, 1.165) is 22.2 Å². The summed E-state index contributed by atoms with van der Waals surface area (Å²) in [6.45, 7) is -0.0518. The summed E-state index contributed by atoms with van der Waals surface area (Å²) in [6.07, 6.45) is 2.32.